The van der Waals surface area contributed by atoms with E-state index in [0.717, 1.165) is 11.5 Å². The second-order valence-electron chi connectivity index (χ2n) is 5.92. The standard InChI is InChI=1S/C20H17BO/c1-14-8-7-9-15(2)20(14)21-16-10-3-5-12-18(16)22-19-13-6-4-11-17(19)21/h3-13H,1-2H3. The summed E-state index contributed by atoms with van der Waals surface area (Å²) >= 11 is 0. The third-order valence-corrected chi connectivity index (χ3v) is 4.51. The molecule has 0 unspecified atom stereocenters. The van der Waals surface area contributed by atoms with E-state index in [0.29, 0.717) is 0 Å². The van der Waals surface area contributed by atoms with Crippen LogP contribution in [0.2, 0.25) is 0 Å². The molecule has 1 heterocycles. The first kappa shape index (κ1) is 13.2. The molecule has 0 saturated carbocycles. The highest BCUT2D eigenvalue weighted by atomic mass is 16.5. The lowest BCUT2D eigenvalue weighted by Gasteiger charge is -2.28. The molecule has 0 atom stereocenters. The summed E-state index contributed by atoms with van der Waals surface area (Å²) in [5.41, 5.74) is 6.55. The van der Waals surface area contributed by atoms with Crippen LogP contribution in [-0.2, 0) is 0 Å². The van der Waals surface area contributed by atoms with Gasteiger partial charge in [-0.25, -0.2) is 0 Å². The molecule has 0 spiro atoms. The zero-order valence-electron chi connectivity index (χ0n) is 12.8. The van der Waals surface area contributed by atoms with Crippen LogP contribution in [0.25, 0.3) is 0 Å². The summed E-state index contributed by atoms with van der Waals surface area (Å²) in [6.45, 7) is 4.63. The fourth-order valence-electron chi connectivity index (χ4n) is 3.50. The second-order valence-corrected chi connectivity index (χ2v) is 5.92. The van der Waals surface area contributed by atoms with Crippen molar-refractivity contribution in [3.05, 3.63) is 77.9 Å². The normalized spacial score (nSPS) is 12.4. The second kappa shape index (κ2) is 5.06. The van der Waals surface area contributed by atoms with Gasteiger partial charge in [-0.2, -0.15) is 0 Å². The topological polar surface area (TPSA) is 9.23 Å². The summed E-state index contributed by atoms with van der Waals surface area (Å²) in [6, 6.07) is 23.3. The highest BCUT2D eigenvalue weighted by Gasteiger charge is 2.33. The lowest BCUT2D eigenvalue weighted by atomic mass is 9.34. The molecule has 0 N–H and O–H groups in total. The van der Waals surface area contributed by atoms with Crippen molar-refractivity contribution in [2.75, 3.05) is 0 Å². The summed E-state index contributed by atoms with van der Waals surface area (Å²) in [5.74, 6) is 1.93. The number of hydrogen-bond donors (Lipinski definition) is 0. The molecule has 106 valence electrons. The monoisotopic (exact) mass is 284 g/mol. The minimum absolute atomic E-state index is 0.238. The lowest BCUT2D eigenvalue weighted by Crippen LogP contribution is -2.56. The van der Waals surface area contributed by atoms with Crippen LogP contribution >= 0.6 is 0 Å². The Bertz CT molecular complexity index is 788. The van der Waals surface area contributed by atoms with Gasteiger partial charge in [0.05, 0.1) is 0 Å². The molecule has 0 amide bonds. The molecule has 0 bridgehead atoms. The van der Waals surface area contributed by atoms with E-state index in [2.05, 4.69) is 68.4 Å². The van der Waals surface area contributed by atoms with Crippen molar-refractivity contribution in [1.29, 1.82) is 0 Å². The van der Waals surface area contributed by atoms with Crippen molar-refractivity contribution in [1.82, 2.24) is 0 Å². The van der Waals surface area contributed by atoms with Gasteiger partial charge in [0.2, 0.25) is 0 Å². The van der Waals surface area contributed by atoms with E-state index < -0.39 is 0 Å². The minimum atomic E-state index is 0.238. The van der Waals surface area contributed by atoms with Gasteiger partial charge in [-0.3, -0.25) is 0 Å². The molecule has 2 heteroatoms. The van der Waals surface area contributed by atoms with Gasteiger partial charge in [0.1, 0.15) is 11.5 Å². The molecule has 22 heavy (non-hydrogen) atoms. The Morgan fingerprint density at radius 2 is 1.14 bits per heavy atom. The van der Waals surface area contributed by atoms with Gasteiger partial charge in [-0.05, 0) is 36.9 Å². The maximum atomic E-state index is 6.11. The first-order chi connectivity index (χ1) is 10.8. The van der Waals surface area contributed by atoms with Crippen molar-refractivity contribution in [3.8, 4) is 11.5 Å². The molecule has 3 aromatic carbocycles. The molecule has 0 fully saturated rings. The zero-order valence-corrected chi connectivity index (χ0v) is 12.8. The summed E-state index contributed by atoms with van der Waals surface area (Å²) in [7, 11) is 0. The van der Waals surface area contributed by atoms with Crippen LogP contribution in [0.4, 0.5) is 0 Å². The van der Waals surface area contributed by atoms with E-state index in [4.69, 9.17) is 4.74 Å². The van der Waals surface area contributed by atoms with Crippen LogP contribution in [-0.4, -0.2) is 6.71 Å². The summed E-state index contributed by atoms with van der Waals surface area (Å²) in [4.78, 5) is 0. The molecule has 0 aromatic heterocycles. The largest absolute Gasteiger partial charge is 0.458 e. The molecule has 3 aromatic rings. The molecule has 0 saturated heterocycles. The fourth-order valence-corrected chi connectivity index (χ4v) is 3.50. The summed E-state index contributed by atoms with van der Waals surface area (Å²) in [5, 5.41) is 0. The highest BCUT2D eigenvalue weighted by Crippen LogP contribution is 2.24. The van der Waals surface area contributed by atoms with Crippen LogP contribution < -0.4 is 21.1 Å². The lowest BCUT2D eigenvalue weighted by molar-refractivity contribution is 0.487. The predicted molar refractivity (Wildman–Crippen MR) is 93.5 cm³/mol. The maximum absolute atomic E-state index is 6.11. The maximum Gasteiger partial charge on any atom is 0.251 e. The molecule has 1 aliphatic heterocycles. The van der Waals surface area contributed by atoms with Crippen molar-refractivity contribution in [2.24, 2.45) is 0 Å². The first-order valence-corrected chi connectivity index (χ1v) is 7.67. The van der Waals surface area contributed by atoms with Gasteiger partial charge < -0.3 is 4.74 Å². The van der Waals surface area contributed by atoms with E-state index in [-0.39, 0.29) is 6.71 Å². The Kier molecular flexibility index (Phi) is 3.04. The highest BCUT2D eigenvalue weighted by molar-refractivity contribution is 6.97. The molecule has 1 nitrogen and oxygen atoms in total. The molecular formula is C20H17BO. The van der Waals surface area contributed by atoms with Crippen LogP contribution in [0.1, 0.15) is 11.1 Å². The van der Waals surface area contributed by atoms with Crippen LogP contribution in [0, 0.1) is 13.8 Å². The number of ether oxygens (including phenoxy) is 1. The number of para-hydroxylation sites is 2. The molecule has 0 aliphatic carbocycles. The van der Waals surface area contributed by atoms with Crippen LogP contribution in [0.3, 0.4) is 0 Å². The van der Waals surface area contributed by atoms with Gasteiger partial charge in [-0.15, -0.1) is 0 Å². The zero-order chi connectivity index (χ0) is 15.1. The summed E-state index contributed by atoms with van der Waals surface area (Å²) < 4.78 is 6.11. The van der Waals surface area contributed by atoms with E-state index >= 15 is 0 Å². The van der Waals surface area contributed by atoms with Crippen LogP contribution in [0.5, 0.6) is 11.5 Å². The average Bonchev–Trinajstić information content (AvgIpc) is 2.54. The Morgan fingerprint density at radius 1 is 0.636 bits per heavy atom. The Labute approximate surface area is 131 Å². The predicted octanol–water partition coefficient (Wildman–Crippen LogP) is 2.93. The molecule has 1 aliphatic rings. The van der Waals surface area contributed by atoms with Gasteiger partial charge in [-0.1, -0.05) is 71.2 Å². The third kappa shape index (κ3) is 1.95. The van der Waals surface area contributed by atoms with E-state index in [1.54, 1.807) is 0 Å². The average molecular weight is 284 g/mol. The summed E-state index contributed by atoms with van der Waals surface area (Å²) in [6.07, 6.45) is 0. The Balaban J connectivity index is 2.03. The third-order valence-electron chi connectivity index (χ3n) is 4.51. The number of fused-ring (bicyclic) bond motifs is 2. The van der Waals surface area contributed by atoms with E-state index in [1.807, 2.05) is 12.1 Å². The van der Waals surface area contributed by atoms with Gasteiger partial charge in [0.15, 0.2) is 0 Å². The van der Waals surface area contributed by atoms with E-state index in [1.165, 1.54) is 27.5 Å². The Morgan fingerprint density at radius 3 is 1.68 bits per heavy atom. The fraction of sp³-hybridized carbons (Fsp3) is 0.100. The SMILES string of the molecule is Cc1cccc(C)c1B1c2ccccc2Oc2ccccc21. The number of benzene rings is 3. The molecular weight excluding hydrogens is 267 g/mol. The first-order valence-electron chi connectivity index (χ1n) is 7.67. The number of aryl methyl sites for hydroxylation is 2. The van der Waals surface area contributed by atoms with Crippen molar-refractivity contribution in [2.45, 2.75) is 13.8 Å². The Hall–Kier alpha value is -2.48. The van der Waals surface area contributed by atoms with E-state index in [9.17, 15) is 0 Å². The quantitative estimate of drug-likeness (QED) is 0.488. The van der Waals surface area contributed by atoms with Crippen molar-refractivity contribution in [3.63, 3.8) is 0 Å². The number of hydrogen-bond acceptors (Lipinski definition) is 1. The minimum Gasteiger partial charge on any atom is -0.458 e. The molecule has 0 radical (unpaired) electrons. The van der Waals surface area contributed by atoms with Gasteiger partial charge >= 0.3 is 0 Å². The van der Waals surface area contributed by atoms with Crippen molar-refractivity contribution < 1.29 is 4.74 Å². The molecule has 4 rings (SSSR count). The smallest absolute Gasteiger partial charge is 0.251 e. The van der Waals surface area contributed by atoms with Gasteiger partial charge in [0.25, 0.3) is 6.71 Å². The van der Waals surface area contributed by atoms with Gasteiger partial charge in [0, 0.05) is 0 Å². The number of rotatable bonds is 1. The van der Waals surface area contributed by atoms with Crippen LogP contribution in [0.15, 0.2) is 66.7 Å². The van der Waals surface area contributed by atoms with Crippen molar-refractivity contribution >= 4 is 23.1 Å².